The van der Waals surface area contributed by atoms with Crippen molar-refractivity contribution in [2.45, 2.75) is 32.3 Å². The Morgan fingerprint density at radius 3 is 2.74 bits per heavy atom. The van der Waals surface area contributed by atoms with Gasteiger partial charge < -0.3 is 14.2 Å². The molecule has 0 radical (unpaired) electrons. The fraction of sp³-hybridized carbons (Fsp3) is 0.222. The second-order valence-electron chi connectivity index (χ2n) is 5.45. The molecule has 0 fully saturated rings. The van der Waals surface area contributed by atoms with E-state index >= 15 is 0 Å². The number of benzene rings is 2. The second kappa shape index (κ2) is 6.44. The normalized spacial score (nSPS) is 13.0. The molecule has 5 heteroatoms. The van der Waals surface area contributed by atoms with Gasteiger partial charge in [-0.05, 0) is 48.3 Å². The van der Waals surface area contributed by atoms with Crippen LogP contribution in [0.2, 0.25) is 0 Å². The standard InChI is InChI=1S/C16H14BNO2S.C2H6/c1-10-2-3-14-11(6-10)4-5-18(14)15-8-13-12(7-16(15)21)9-20-17(13)19;1-2/h2-8,19,21H,9H2,1H3;1-2H3. The minimum absolute atomic E-state index is 0.440. The monoisotopic (exact) mass is 325 g/mol. The van der Waals surface area contributed by atoms with Crippen molar-refractivity contribution in [3.05, 3.63) is 53.7 Å². The van der Waals surface area contributed by atoms with Crippen LogP contribution in [0.1, 0.15) is 25.0 Å². The molecule has 1 aliphatic heterocycles. The molecule has 0 bridgehead atoms. The summed E-state index contributed by atoms with van der Waals surface area (Å²) in [5, 5.41) is 11.1. The summed E-state index contributed by atoms with van der Waals surface area (Å²) < 4.78 is 7.37. The van der Waals surface area contributed by atoms with Crippen LogP contribution < -0.4 is 5.46 Å². The van der Waals surface area contributed by atoms with Crippen LogP contribution >= 0.6 is 12.6 Å². The summed E-state index contributed by atoms with van der Waals surface area (Å²) in [6, 6.07) is 12.4. The number of nitrogens with zero attached hydrogens (tertiary/aromatic N) is 1. The number of hydrogen-bond donors (Lipinski definition) is 2. The Morgan fingerprint density at radius 1 is 1.17 bits per heavy atom. The average molecular weight is 325 g/mol. The molecule has 23 heavy (non-hydrogen) atoms. The number of thiol groups is 1. The second-order valence-corrected chi connectivity index (χ2v) is 5.93. The molecule has 2 aromatic carbocycles. The molecule has 118 valence electrons. The van der Waals surface area contributed by atoms with E-state index in [9.17, 15) is 5.02 Å². The van der Waals surface area contributed by atoms with Gasteiger partial charge in [0.1, 0.15) is 0 Å². The first-order valence-corrected chi connectivity index (χ1v) is 8.32. The molecule has 0 amide bonds. The van der Waals surface area contributed by atoms with E-state index in [-0.39, 0.29) is 0 Å². The van der Waals surface area contributed by atoms with Crippen molar-refractivity contribution in [3.63, 3.8) is 0 Å². The third-order valence-electron chi connectivity index (χ3n) is 4.00. The molecule has 0 aliphatic carbocycles. The summed E-state index contributed by atoms with van der Waals surface area (Å²) in [5.74, 6) is 0. The maximum Gasteiger partial charge on any atom is 0.491 e. The first-order valence-electron chi connectivity index (χ1n) is 7.87. The average Bonchev–Trinajstić information content (AvgIpc) is 3.12. The van der Waals surface area contributed by atoms with Crippen molar-refractivity contribution in [3.8, 4) is 5.69 Å². The van der Waals surface area contributed by atoms with Gasteiger partial charge in [0.2, 0.25) is 0 Å². The molecule has 2 heterocycles. The maximum absolute atomic E-state index is 9.89. The number of hydrogen-bond acceptors (Lipinski definition) is 3. The van der Waals surface area contributed by atoms with Crippen LogP contribution in [-0.4, -0.2) is 16.7 Å². The SMILES string of the molecule is CC.Cc1ccc2c(ccn2-c2cc3c(cc2S)COB3O)c1. The van der Waals surface area contributed by atoms with Crippen LogP contribution in [0.5, 0.6) is 0 Å². The summed E-state index contributed by atoms with van der Waals surface area (Å²) in [6.45, 7) is 6.53. The van der Waals surface area contributed by atoms with Crippen molar-refractivity contribution in [2.75, 3.05) is 0 Å². The van der Waals surface area contributed by atoms with Gasteiger partial charge in [0.25, 0.3) is 0 Å². The van der Waals surface area contributed by atoms with Gasteiger partial charge in [-0.25, -0.2) is 0 Å². The highest BCUT2D eigenvalue weighted by Crippen LogP contribution is 2.27. The summed E-state index contributed by atoms with van der Waals surface area (Å²) >= 11 is 4.60. The van der Waals surface area contributed by atoms with Crippen molar-refractivity contribution < 1.29 is 9.68 Å². The third-order valence-corrected chi connectivity index (χ3v) is 4.36. The number of rotatable bonds is 1. The highest BCUT2D eigenvalue weighted by Gasteiger charge is 2.28. The van der Waals surface area contributed by atoms with Gasteiger partial charge in [0.15, 0.2) is 0 Å². The van der Waals surface area contributed by atoms with E-state index in [4.69, 9.17) is 4.65 Å². The summed E-state index contributed by atoms with van der Waals surface area (Å²) in [5.41, 5.74) is 5.16. The molecular weight excluding hydrogens is 305 g/mol. The molecule has 1 aromatic heterocycles. The lowest BCUT2D eigenvalue weighted by Gasteiger charge is -2.11. The zero-order valence-corrected chi connectivity index (χ0v) is 14.5. The highest BCUT2D eigenvalue weighted by atomic mass is 32.1. The number of aryl methyl sites for hydroxylation is 1. The summed E-state index contributed by atoms with van der Waals surface area (Å²) in [4.78, 5) is 0.879. The fourth-order valence-electron chi connectivity index (χ4n) is 2.91. The van der Waals surface area contributed by atoms with Gasteiger partial charge in [-0.2, -0.15) is 0 Å². The van der Waals surface area contributed by atoms with E-state index in [2.05, 4.69) is 48.4 Å². The number of aromatic nitrogens is 1. The minimum atomic E-state index is -0.836. The Hall–Kier alpha value is -1.69. The lowest BCUT2D eigenvalue weighted by atomic mass is 9.79. The van der Waals surface area contributed by atoms with Crippen LogP contribution in [0.25, 0.3) is 16.6 Å². The molecule has 0 saturated heterocycles. The molecule has 0 saturated carbocycles. The Kier molecular flexibility index (Phi) is 4.53. The van der Waals surface area contributed by atoms with E-state index in [0.29, 0.717) is 6.61 Å². The van der Waals surface area contributed by atoms with E-state index in [0.717, 1.165) is 27.1 Å². The van der Waals surface area contributed by atoms with Crippen molar-refractivity contribution in [1.29, 1.82) is 0 Å². The topological polar surface area (TPSA) is 34.4 Å². The molecule has 0 unspecified atom stereocenters. The van der Waals surface area contributed by atoms with Crippen LogP contribution in [0.15, 0.2) is 47.5 Å². The Bertz CT molecular complexity index is 860. The first-order chi connectivity index (χ1) is 11.1. The van der Waals surface area contributed by atoms with E-state index in [1.54, 1.807) is 0 Å². The van der Waals surface area contributed by atoms with Gasteiger partial charge in [0.05, 0.1) is 17.8 Å². The lowest BCUT2D eigenvalue weighted by molar-refractivity contribution is 0.275. The van der Waals surface area contributed by atoms with Crippen LogP contribution in [0, 0.1) is 6.92 Å². The van der Waals surface area contributed by atoms with Crippen LogP contribution in [-0.2, 0) is 11.3 Å². The predicted octanol–water partition coefficient (Wildman–Crippen LogP) is 3.47. The quantitative estimate of drug-likeness (QED) is 0.531. The Balaban J connectivity index is 0.000000753. The molecule has 3 nitrogen and oxygen atoms in total. The first kappa shape index (κ1) is 16.2. The summed E-state index contributed by atoms with van der Waals surface area (Å²) in [7, 11) is -0.836. The zero-order valence-electron chi connectivity index (χ0n) is 13.6. The van der Waals surface area contributed by atoms with Gasteiger partial charge in [-0.1, -0.05) is 25.5 Å². The Labute approximate surface area is 142 Å². The van der Waals surface area contributed by atoms with Crippen molar-refractivity contribution >= 4 is 36.1 Å². The number of fused-ring (bicyclic) bond motifs is 2. The van der Waals surface area contributed by atoms with Gasteiger partial charge >= 0.3 is 7.12 Å². The molecule has 1 aliphatic rings. The van der Waals surface area contributed by atoms with E-state index in [1.807, 2.05) is 32.2 Å². The van der Waals surface area contributed by atoms with Crippen LogP contribution in [0.3, 0.4) is 0 Å². The van der Waals surface area contributed by atoms with Gasteiger partial charge in [-0.3, -0.25) is 0 Å². The zero-order chi connectivity index (χ0) is 16.6. The van der Waals surface area contributed by atoms with Crippen molar-refractivity contribution in [2.24, 2.45) is 0 Å². The Morgan fingerprint density at radius 2 is 1.96 bits per heavy atom. The van der Waals surface area contributed by atoms with Crippen LogP contribution in [0.4, 0.5) is 0 Å². The van der Waals surface area contributed by atoms with Gasteiger partial charge in [0, 0.05) is 16.5 Å². The minimum Gasteiger partial charge on any atom is -0.423 e. The smallest absolute Gasteiger partial charge is 0.423 e. The molecule has 0 atom stereocenters. The van der Waals surface area contributed by atoms with Crippen molar-refractivity contribution in [1.82, 2.24) is 4.57 Å². The fourth-order valence-corrected chi connectivity index (χ4v) is 3.24. The molecular formula is C18H20BNO2S. The third kappa shape index (κ3) is 2.80. The molecule has 3 aromatic rings. The summed E-state index contributed by atoms with van der Waals surface area (Å²) in [6.07, 6.45) is 2.04. The lowest BCUT2D eigenvalue weighted by Crippen LogP contribution is -2.28. The molecule has 1 N–H and O–H groups in total. The largest absolute Gasteiger partial charge is 0.491 e. The highest BCUT2D eigenvalue weighted by molar-refractivity contribution is 7.80. The van der Waals surface area contributed by atoms with E-state index in [1.165, 1.54) is 10.9 Å². The molecule has 4 rings (SSSR count). The predicted molar refractivity (Wildman–Crippen MR) is 99.0 cm³/mol. The molecule has 0 spiro atoms. The van der Waals surface area contributed by atoms with Gasteiger partial charge in [-0.15, -0.1) is 12.6 Å². The van der Waals surface area contributed by atoms with E-state index < -0.39 is 7.12 Å². The maximum atomic E-state index is 9.89.